The van der Waals surface area contributed by atoms with Gasteiger partial charge in [0, 0.05) is 18.7 Å². The van der Waals surface area contributed by atoms with Gasteiger partial charge in [-0.25, -0.2) is 4.79 Å². The lowest BCUT2D eigenvalue weighted by molar-refractivity contribution is -0.141. The van der Waals surface area contributed by atoms with Gasteiger partial charge < -0.3 is 14.7 Å². The highest BCUT2D eigenvalue weighted by Gasteiger charge is 2.42. The maximum atomic E-state index is 12.2. The summed E-state index contributed by atoms with van der Waals surface area (Å²) in [5, 5.41) is 6.30. The molecule has 0 spiro atoms. The number of nitrogens with one attached hydrogen (secondary N) is 1. The van der Waals surface area contributed by atoms with Crippen molar-refractivity contribution in [1.29, 1.82) is 0 Å². The van der Waals surface area contributed by atoms with Gasteiger partial charge in [0.05, 0.1) is 24.7 Å². The van der Waals surface area contributed by atoms with E-state index in [-0.39, 0.29) is 36.9 Å². The molecule has 2 saturated heterocycles. The Bertz CT molecular complexity index is 582. The molecule has 21 heavy (non-hydrogen) atoms. The molecule has 0 aromatic carbocycles. The van der Waals surface area contributed by atoms with Crippen LogP contribution in [0.3, 0.4) is 0 Å². The maximum absolute atomic E-state index is 12.2. The molecule has 8 heteroatoms. The van der Waals surface area contributed by atoms with E-state index in [0.717, 1.165) is 5.56 Å². The van der Waals surface area contributed by atoms with Crippen LogP contribution in [0.2, 0.25) is 0 Å². The van der Waals surface area contributed by atoms with E-state index >= 15 is 0 Å². The first-order valence-corrected chi connectivity index (χ1v) is 6.76. The Morgan fingerprint density at radius 1 is 1.38 bits per heavy atom. The Kier molecular flexibility index (Phi) is 3.15. The molecule has 2 aliphatic rings. The Hall–Kier alpha value is -2.38. The van der Waals surface area contributed by atoms with Crippen LogP contribution in [-0.4, -0.2) is 58.5 Å². The lowest BCUT2D eigenvalue weighted by Crippen LogP contribution is -2.62. The predicted molar refractivity (Wildman–Crippen MR) is 70.3 cm³/mol. The van der Waals surface area contributed by atoms with Crippen LogP contribution in [0, 0.1) is 13.8 Å². The molecule has 4 amide bonds. The molecular weight excluding hydrogens is 276 g/mol. The number of hydrogen-bond donors (Lipinski definition) is 1. The molecule has 0 atom stereocenters. The van der Waals surface area contributed by atoms with Crippen molar-refractivity contribution < 1.29 is 18.9 Å². The topological polar surface area (TPSA) is 95.8 Å². The van der Waals surface area contributed by atoms with Crippen LogP contribution in [0.5, 0.6) is 0 Å². The van der Waals surface area contributed by atoms with Gasteiger partial charge in [-0.2, -0.15) is 0 Å². The highest BCUT2D eigenvalue weighted by Crippen LogP contribution is 2.20. The quantitative estimate of drug-likeness (QED) is 0.765. The Balaban J connectivity index is 1.58. The number of aromatic nitrogens is 1. The smallest absolute Gasteiger partial charge is 0.324 e. The van der Waals surface area contributed by atoms with Crippen molar-refractivity contribution in [2.24, 2.45) is 0 Å². The Morgan fingerprint density at radius 2 is 2.10 bits per heavy atom. The number of amides is 4. The fourth-order valence-electron chi connectivity index (χ4n) is 2.64. The first kappa shape index (κ1) is 13.6. The average molecular weight is 292 g/mol. The molecular formula is C13H16N4O4. The number of carbonyl (C=O) groups excluding carboxylic acids is 3. The first-order chi connectivity index (χ1) is 9.97. The number of aryl methyl sites for hydroxylation is 2. The molecule has 0 unspecified atom stereocenters. The molecule has 8 nitrogen and oxygen atoms in total. The van der Waals surface area contributed by atoms with Crippen molar-refractivity contribution in [3.05, 3.63) is 17.0 Å². The molecule has 0 aliphatic carbocycles. The van der Waals surface area contributed by atoms with E-state index in [0.29, 0.717) is 24.5 Å². The first-order valence-electron chi connectivity index (χ1n) is 6.76. The summed E-state index contributed by atoms with van der Waals surface area (Å²) >= 11 is 0. The molecule has 1 aromatic heterocycles. The lowest BCUT2D eigenvalue weighted by atomic mass is 10.0. The van der Waals surface area contributed by atoms with Gasteiger partial charge in [-0.3, -0.25) is 14.5 Å². The zero-order valence-corrected chi connectivity index (χ0v) is 11.9. The molecule has 2 aliphatic heterocycles. The van der Waals surface area contributed by atoms with Gasteiger partial charge in [-0.1, -0.05) is 5.16 Å². The summed E-state index contributed by atoms with van der Waals surface area (Å²) in [6, 6.07) is -0.587. The second kappa shape index (κ2) is 4.87. The van der Waals surface area contributed by atoms with Crippen LogP contribution in [-0.2, 0) is 16.0 Å². The summed E-state index contributed by atoms with van der Waals surface area (Å²) in [6.07, 6.45) is 0.230. The number of hydrogen-bond acceptors (Lipinski definition) is 5. The zero-order valence-electron chi connectivity index (χ0n) is 11.9. The van der Waals surface area contributed by atoms with Crippen molar-refractivity contribution in [2.75, 3.05) is 19.6 Å². The van der Waals surface area contributed by atoms with Crippen molar-refractivity contribution in [2.45, 2.75) is 26.3 Å². The van der Waals surface area contributed by atoms with Crippen LogP contribution < -0.4 is 5.32 Å². The summed E-state index contributed by atoms with van der Waals surface area (Å²) in [5.41, 5.74) is 1.52. The number of rotatable bonds is 3. The molecule has 3 rings (SSSR count). The average Bonchev–Trinajstić information content (AvgIpc) is 2.87. The number of carbonyl (C=O) groups is 3. The molecule has 0 radical (unpaired) electrons. The van der Waals surface area contributed by atoms with Gasteiger partial charge in [0.15, 0.2) is 0 Å². The van der Waals surface area contributed by atoms with E-state index in [9.17, 15) is 14.4 Å². The van der Waals surface area contributed by atoms with Crippen LogP contribution in [0.4, 0.5) is 4.79 Å². The SMILES string of the molecule is Cc1noc(C)c1CC(=O)N1CC(N2C(=O)CNC2=O)C1. The van der Waals surface area contributed by atoms with E-state index in [1.165, 1.54) is 4.90 Å². The summed E-state index contributed by atoms with van der Waals surface area (Å²) < 4.78 is 5.03. The molecule has 3 heterocycles. The standard InChI is InChI=1S/C13H16N4O4/c1-7-10(8(2)21-15-7)3-11(18)16-5-9(6-16)17-12(19)4-14-13(17)20/h9H,3-6H2,1-2H3,(H,14,20). The van der Waals surface area contributed by atoms with E-state index in [1.54, 1.807) is 18.7 Å². The highest BCUT2D eigenvalue weighted by molar-refractivity contribution is 6.02. The van der Waals surface area contributed by atoms with E-state index in [4.69, 9.17) is 4.52 Å². The lowest BCUT2D eigenvalue weighted by Gasteiger charge is -2.42. The summed E-state index contributed by atoms with van der Waals surface area (Å²) in [7, 11) is 0. The molecule has 1 N–H and O–H groups in total. The molecule has 0 bridgehead atoms. The minimum Gasteiger partial charge on any atom is -0.361 e. The van der Waals surface area contributed by atoms with Gasteiger partial charge in [-0.15, -0.1) is 0 Å². The normalized spacial score (nSPS) is 19.0. The second-order valence-corrected chi connectivity index (χ2v) is 5.35. The van der Waals surface area contributed by atoms with Crippen molar-refractivity contribution in [3.8, 4) is 0 Å². The number of likely N-dealkylation sites (tertiary alicyclic amines) is 1. The largest absolute Gasteiger partial charge is 0.361 e. The summed E-state index contributed by atoms with van der Waals surface area (Å²) in [6.45, 7) is 4.39. The van der Waals surface area contributed by atoms with Crippen molar-refractivity contribution in [1.82, 2.24) is 20.3 Å². The molecule has 0 saturated carbocycles. The minimum absolute atomic E-state index is 0.0440. The Morgan fingerprint density at radius 3 is 2.62 bits per heavy atom. The number of urea groups is 1. The third kappa shape index (κ3) is 2.26. The molecule has 2 fully saturated rings. The summed E-state index contributed by atoms with van der Waals surface area (Å²) in [5.74, 6) is 0.363. The summed E-state index contributed by atoms with van der Waals surface area (Å²) in [4.78, 5) is 38.1. The fraction of sp³-hybridized carbons (Fsp3) is 0.538. The second-order valence-electron chi connectivity index (χ2n) is 5.35. The zero-order chi connectivity index (χ0) is 15.1. The van der Waals surface area contributed by atoms with Crippen LogP contribution >= 0.6 is 0 Å². The van der Waals surface area contributed by atoms with Gasteiger partial charge in [-0.05, 0) is 13.8 Å². The number of imide groups is 1. The molecule has 112 valence electrons. The van der Waals surface area contributed by atoms with E-state index < -0.39 is 0 Å². The third-order valence-corrected chi connectivity index (χ3v) is 3.97. The van der Waals surface area contributed by atoms with Crippen molar-refractivity contribution in [3.63, 3.8) is 0 Å². The van der Waals surface area contributed by atoms with E-state index in [2.05, 4.69) is 10.5 Å². The molecule has 1 aromatic rings. The third-order valence-electron chi connectivity index (χ3n) is 3.97. The van der Waals surface area contributed by atoms with Gasteiger partial charge >= 0.3 is 6.03 Å². The monoisotopic (exact) mass is 292 g/mol. The van der Waals surface area contributed by atoms with Gasteiger partial charge in [0.2, 0.25) is 11.8 Å². The van der Waals surface area contributed by atoms with Gasteiger partial charge in [0.1, 0.15) is 5.76 Å². The maximum Gasteiger partial charge on any atom is 0.324 e. The fourth-order valence-corrected chi connectivity index (χ4v) is 2.64. The van der Waals surface area contributed by atoms with Crippen LogP contribution in [0.15, 0.2) is 4.52 Å². The Labute approximate surface area is 121 Å². The number of nitrogens with zero attached hydrogens (tertiary/aromatic N) is 3. The van der Waals surface area contributed by atoms with Crippen LogP contribution in [0.1, 0.15) is 17.0 Å². The minimum atomic E-state index is -0.372. The predicted octanol–water partition coefficient (Wildman–Crippen LogP) is -0.403. The van der Waals surface area contributed by atoms with Crippen LogP contribution in [0.25, 0.3) is 0 Å². The highest BCUT2D eigenvalue weighted by atomic mass is 16.5. The van der Waals surface area contributed by atoms with Crippen molar-refractivity contribution >= 4 is 17.8 Å². The van der Waals surface area contributed by atoms with Gasteiger partial charge in [0.25, 0.3) is 0 Å². The van der Waals surface area contributed by atoms with E-state index in [1.807, 2.05) is 0 Å².